The molecule has 3 aliphatic heterocycles. The number of amides is 1. The van der Waals surface area contributed by atoms with E-state index in [0.717, 1.165) is 32.8 Å². The molecule has 1 N–H and O–H groups in total. The fourth-order valence-electron chi connectivity index (χ4n) is 4.15. The molecule has 2 bridgehead atoms. The molecule has 25 heavy (non-hydrogen) atoms. The maximum absolute atomic E-state index is 12.4. The van der Waals surface area contributed by atoms with E-state index in [9.17, 15) is 4.79 Å². The van der Waals surface area contributed by atoms with Gasteiger partial charge in [-0.05, 0) is 36.8 Å². The number of fused-ring (bicyclic) bond motifs is 4. The number of hydrogen-bond acceptors (Lipinski definition) is 4. The second-order valence-electron chi connectivity index (χ2n) is 7.48. The van der Waals surface area contributed by atoms with Gasteiger partial charge in [-0.15, -0.1) is 0 Å². The molecule has 0 aromatic heterocycles. The molecule has 0 saturated carbocycles. The van der Waals surface area contributed by atoms with Gasteiger partial charge in [0.1, 0.15) is 0 Å². The second-order valence-corrected chi connectivity index (χ2v) is 7.48. The average molecular weight is 345 g/mol. The molecule has 138 valence electrons. The summed E-state index contributed by atoms with van der Waals surface area (Å²) in [5.74, 6) is 0.813. The van der Waals surface area contributed by atoms with E-state index < -0.39 is 0 Å². The molecule has 2 atom stereocenters. The van der Waals surface area contributed by atoms with Crippen molar-refractivity contribution < 1.29 is 9.53 Å². The quantitative estimate of drug-likeness (QED) is 0.816. The smallest absolute Gasteiger partial charge is 0.234 e. The van der Waals surface area contributed by atoms with Gasteiger partial charge in [0, 0.05) is 45.9 Å². The number of rotatable bonds is 7. The number of methoxy groups -OCH3 is 1. The van der Waals surface area contributed by atoms with Gasteiger partial charge in [0.15, 0.2) is 0 Å². The number of nitrogens with one attached hydrogen (secondary N) is 1. The Morgan fingerprint density at radius 3 is 2.88 bits per heavy atom. The summed E-state index contributed by atoms with van der Waals surface area (Å²) in [5.41, 5.74) is 2.42. The summed E-state index contributed by atoms with van der Waals surface area (Å²) in [7, 11) is 1.77. The first-order valence-electron chi connectivity index (χ1n) is 9.42. The van der Waals surface area contributed by atoms with E-state index in [1.807, 2.05) is 12.1 Å². The van der Waals surface area contributed by atoms with Gasteiger partial charge in [-0.3, -0.25) is 14.6 Å². The first kappa shape index (κ1) is 18.4. The van der Waals surface area contributed by atoms with E-state index >= 15 is 0 Å². The summed E-state index contributed by atoms with van der Waals surface area (Å²) in [4.78, 5) is 17.3. The number of aryl methyl sites for hydroxylation is 1. The van der Waals surface area contributed by atoms with Gasteiger partial charge in [0.25, 0.3) is 0 Å². The number of nitrogens with zero attached hydrogens (tertiary/aromatic N) is 2. The molecule has 1 aromatic rings. The number of carbonyl (C=O) groups is 1. The summed E-state index contributed by atoms with van der Waals surface area (Å²) in [6.07, 6.45) is 2.53. The van der Waals surface area contributed by atoms with Gasteiger partial charge in [0.05, 0.1) is 13.2 Å². The van der Waals surface area contributed by atoms with Crippen molar-refractivity contribution in [1.82, 2.24) is 15.1 Å². The van der Waals surface area contributed by atoms with Crippen molar-refractivity contribution >= 4 is 5.91 Å². The fourth-order valence-corrected chi connectivity index (χ4v) is 4.15. The Morgan fingerprint density at radius 1 is 1.24 bits per heavy atom. The first-order valence-corrected chi connectivity index (χ1v) is 9.42. The van der Waals surface area contributed by atoms with Crippen LogP contribution in [0.25, 0.3) is 0 Å². The molecule has 4 rings (SSSR count). The maximum Gasteiger partial charge on any atom is 0.234 e. The lowest BCUT2D eigenvalue weighted by Crippen LogP contribution is -2.46. The molecule has 0 spiro atoms. The zero-order chi connectivity index (χ0) is 17.6. The maximum atomic E-state index is 12.4. The van der Waals surface area contributed by atoms with Crippen LogP contribution in [0, 0.1) is 12.8 Å². The minimum absolute atomic E-state index is 0.132. The average Bonchev–Trinajstić information content (AvgIpc) is 2.89. The van der Waals surface area contributed by atoms with E-state index in [1.165, 1.54) is 24.0 Å². The Bertz CT molecular complexity index is 578. The summed E-state index contributed by atoms with van der Waals surface area (Å²) < 4.78 is 5.25. The third-order valence-electron chi connectivity index (χ3n) is 5.59. The van der Waals surface area contributed by atoms with Gasteiger partial charge in [-0.25, -0.2) is 0 Å². The first-order chi connectivity index (χ1) is 12.2. The highest BCUT2D eigenvalue weighted by Gasteiger charge is 2.34. The molecule has 0 aliphatic carbocycles. The normalized spacial score (nSPS) is 24.2. The van der Waals surface area contributed by atoms with E-state index in [4.69, 9.17) is 4.74 Å². The van der Waals surface area contributed by atoms with Crippen molar-refractivity contribution in [3.05, 3.63) is 35.4 Å². The number of carbonyl (C=O) groups excluding carboxylic acids is 1. The number of ether oxygens (including phenoxy) is 1. The molecule has 3 heterocycles. The summed E-state index contributed by atoms with van der Waals surface area (Å²) in [6.45, 7) is 8.20. The topological polar surface area (TPSA) is 44.8 Å². The molecule has 0 unspecified atom stereocenters. The second kappa shape index (κ2) is 8.79. The van der Waals surface area contributed by atoms with Gasteiger partial charge in [0.2, 0.25) is 5.91 Å². The predicted octanol–water partition coefficient (Wildman–Crippen LogP) is 1.65. The number of hydrogen-bond donors (Lipinski definition) is 1. The summed E-state index contributed by atoms with van der Waals surface area (Å²) in [6, 6.07) is 8.79. The van der Waals surface area contributed by atoms with Gasteiger partial charge < -0.3 is 10.1 Å². The summed E-state index contributed by atoms with van der Waals surface area (Å²) in [5, 5.41) is 3.09. The van der Waals surface area contributed by atoms with Crippen molar-refractivity contribution in [3.63, 3.8) is 0 Å². The Kier molecular flexibility index (Phi) is 6.45. The highest BCUT2D eigenvalue weighted by molar-refractivity contribution is 5.78. The van der Waals surface area contributed by atoms with Crippen LogP contribution >= 0.6 is 0 Å². The Balaban J connectivity index is 1.49. The lowest BCUT2D eigenvalue weighted by atomic mass is 9.95. The van der Waals surface area contributed by atoms with E-state index in [-0.39, 0.29) is 5.91 Å². The van der Waals surface area contributed by atoms with Gasteiger partial charge in [-0.1, -0.05) is 24.3 Å². The molecule has 3 fully saturated rings. The molecule has 3 aliphatic rings. The Labute approximate surface area is 151 Å². The summed E-state index contributed by atoms with van der Waals surface area (Å²) >= 11 is 0. The van der Waals surface area contributed by atoms with Crippen LogP contribution in [-0.2, 0) is 16.1 Å². The Hall–Kier alpha value is -1.43. The van der Waals surface area contributed by atoms with Crippen LogP contribution in [0.2, 0.25) is 0 Å². The lowest BCUT2D eigenvalue weighted by molar-refractivity contribution is -0.122. The van der Waals surface area contributed by atoms with Crippen LogP contribution in [0.5, 0.6) is 0 Å². The third kappa shape index (κ3) is 5.03. The highest BCUT2D eigenvalue weighted by Crippen LogP contribution is 2.27. The Morgan fingerprint density at radius 2 is 2.08 bits per heavy atom. The van der Waals surface area contributed by atoms with Crippen molar-refractivity contribution in [2.75, 3.05) is 46.4 Å². The molecule has 5 nitrogen and oxygen atoms in total. The van der Waals surface area contributed by atoms with Crippen LogP contribution in [-0.4, -0.2) is 68.2 Å². The van der Waals surface area contributed by atoms with Crippen molar-refractivity contribution in [2.24, 2.45) is 5.92 Å². The zero-order valence-electron chi connectivity index (χ0n) is 15.5. The number of piperidine rings is 1. The minimum atomic E-state index is 0.132. The van der Waals surface area contributed by atoms with Crippen LogP contribution in [0.15, 0.2) is 24.3 Å². The highest BCUT2D eigenvalue weighted by atomic mass is 16.5. The van der Waals surface area contributed by atoms with Gasteiger partial charge in [-0.2, -0.15) is 0 Å². The van der Waals surface area contributed by atoms with E-state index in [1.54, 1.807) is 7.11 Å². The molecule has 1 aromatic carbocycles. The molecule has 1 amide bonds. The molecule has 5 heteroatoms. The van der Waals surface area contributed by atoms with Crippen LogP contribution in [0.1, 0.15) is 24.0 Å². The largest absolute Gasteiger partial charge is 0.383 e. The fraction of sp³-hybridized carbons (Fsp3) is 0.650. The van der Waals surface area contributed by atoms with Gasteiger partial charge >= 0.3 is 0 Å². The molecular formula is C20H31N3O2. The third-order valence-corrected chi connectivity index (χ3v) is 5.59. The molecular weight excluding hydrogens is 314 g/mol. The van der Waals surface area contributed by atoms with Crippen LogP contribution in [0.3, 0.4) is 0 Å². The van der Waals surface area contributed by atoms with Crippen LogP contribution in [0.4, 0.5) is 0 Å². The monoisotopic (exact) mass is 345 g/mol. The molecule has 0 radical (unpaired) electrons. The van der Waals surface area contributed by atoms with E-state index in [0.29, 0.717) is 25.0 Å². The van der Waals surface area contributed by atoms with Crippen molar-refractivity contribution in [1.29, 1.82) is 0 Å². The van der Waals surface area contributed by atoms with Crippen molar-refractivity contribution in [2.45, 2.75) is 32.4 Å². The minimum Gasteiger partial charge on any atom is -0.383 e. The zero-order valence-corrected chi connectivity index (χ0v) is 15.5. The van der Waals surface area contributed by atoms with Crippen LogP contribution < -0.4 is 5.32 Å². The molecule has 3 saturated heterocycles. The lowest BCUT2D eigenvalue weighted by Gasteiger charge is -2.35. The predicted molar refractivity (Wildman–Crippen MR) is 99.4 cm³/mol. The number of benzene rings is 1. The van der Waals surface area contributed by atoms with E-state index in [2.05, 4.69) is 34.2 Å². The SMILES string of the molecule is COCCN1C[C@@H]2CC[C@H]1CN(CC(=O)NCc1ccccc1C)C2. The standard InChI is InChI=1S/C20H31N3O2/c1-16-5-3-4-6-18(16)11-21-20(24)15-22-12-17-7-8-19(14-22)23(13-17)9-10-25-2/h3-6,17,19H,7-15H2,1-2H3,(H,21,24)/t17-,19+/m1/s1. The van der Waals surface area contributed by atoms with Crippen molar-refractivity contribution in [3.8, 4) is 0 Å².